The highest BCUT2D eigenvalue weighted by molar-refractivity contribution is 5.93. The van der Waals surface area contributed by atoms with E-state index in [0.717, 1.165) is 11.1 Å². The fraction of sp³-hybridized carbons (Fsp3) is 0.457. The molecule has 1 aliphatic heterocycles. The van der Waals surface area contributed by atoms with E-state index in [1.165, 1.54) is 25.3 Å². The molecule has 0 spiro atoms. The van der Waals surface area contributed by atoms with Crippen molar-refractivity contribution in [2.75, 3.05) is 13.7 Å². The number of nitrogens with one attached hydrogen (secondary N) is 4. The summed E-state index contributed by atoms with van der Waals surface area (Å²) in [6, 6.07) is 10.4. The van der Waals surface area contributed by atoms with Crippen molar-refractivity contribution in [2.45, 2.75) is 77.4 Å². The van der Waals surface area contributed by atoms with Crippen molar-refractivity contribution in [2.24, 2.45) is 11.8 Å². The first kappa shape index (κ1) is 35.9. The molecule has 2 aromatic rings. The van der Waals surface area contributed by atoms with Gasteiger partial charge in [-0.1, -0.05) is 68.3 Å². The van der Waals surface area contributed by atoms with Gasteiger partial charge in [0.25, 0.3) is 0 Å². The Morgan fingerprint density at radius 1 is 1.02 bits per heavy atom. The second-order valence-electron chi connectivity index (χ2n) is 12.1. The van der Waals surface area contributed by atoms with Crippen molar-refractivity contribution < 1.29 is 33.1 Å². The molecule has 0 fully saturated rings. The van der Waals surface area contributed by atoms with Crippen LogP contribution in [0.4, 0.5) is 9.18 Å². The minimum Gasteiger partial charge on any atom is -0.467 e. The second-order valence-corrected chi connectivity index (χ2v) is 12.1. The predicted molar refractivity (Wildman–Crippen MR) is 172 cm³/mol. The fourth-order valence-electron chi connectivity index (χ4n) is 5.26. The van der Waals surface area contributed by atoms with Crippen LogP contribution < -0.4 is 21.3 Å². The van der Waals surface area contributed by atoms with Crippen molar-refractivity contribution >= 4 is 29.6 Å². The number of methoxy groups -OCH3 is 1. The number of amides is 4. The number of urea groups is 1. The number of ether oxygens (including phenoxy) is 1. The van der Waals surface area contributed by atoms with E-state index in [0.29, 0.717) is 31.4 Å². The Morgan fingerprint density at radius 3 is 2.43 bits per heavy atom. The summed E-state index contributed by atoms with van der Waals surface area (Å²) in [6.07, 6.45) is 4.77. The molecular formula is C35H45FN4O6. The van der Waals surface area contributed by atoms with Gasteiger partial charge in [0.05, 0.1) is 19.2 Å². The standard InChI is InChI=1S/C35H45FN4O6/c1-22(2)32(34(44)46-4)40-35(45)39-29(20-24-13-11-23(3)12-14-24)30(41)21-26-9-5-6-17-37-31(42)16-15-28(38-33(26)43)19-25-8-7-10-27(36)18-25/h7-8,10-16,18,22,26,28-29,32H,5-6,9,17,19-21H2,1-4H3,(H,37,42)(H,38,43)(H2,39,40,45)/b16-15+/t26-,28-,29+,32+/m1/s1. The largest absolute Gasteiger partial charge is 0.467 e. The SMILES string of the molecule is COC(=O)[C@@H](NC(=O)N[C@@H](Cc1ccc(C)cc1)C(=O)C[C@H]1CCCCNC(=O)/C=C/[C@H](Cc2cccc(F)c2)NC1=O)C(C)C. The van der Waals surface area contributed by atoms with Crippen LogP contribution in [0.2, 0.25) is 0 Å². The summed E-state index contributed by atoms with van der Waals surface area (Å²) in [7, 11) is 1.24. The topological polar surface area (TPSA) is 143 Å². The summed E-state index contributed by atoms with van der Waals surface area (Å²) in [5.74, 6) is -2.99. The van der Waals surface area contributed by atoms with Crippen LogP contribution in [0.3, 0.4) is 0 Å². The molecule has 0 saturated carbocycles. The molecule has 1 aliphatic rings. The van der Waals surface area contributed by atoms with Gasteiger partial charge in [0, 0.05) is 25.0 Å². The molecule has 0 unspecified atom stereocenters. The highest BCUT2D eigenvalue weighted by Gasteiger charge is 2.31. The van der Waals surface area contributed by atoms with E-state index < -0.39 is 41.9 Å². The number of carbonyl (C=O) groups excluding carboxylic acids is 5. The number of Topliss-reactive ketones (excluding diaryl/α,β-unsaturated/α-hetero) is 1. The van der Waals surface area contributed by atoms with Gasteiger partial charge in [-0.2, -0.15) is 0 Å². The van der Waals surface area contributed by atoms with Crippen molar-refractivity contribution in [3.05, 3.63) is 83.2 Å². The minimum atomic E-state index is -0.982. The lowest BCUT2D eigenvalue weighted by molar-refractivity contribution is -0.144. The summed E-state index contributed by atoms with van der Waals surface area (Å²) >= 11 is 0. The van der Waals surface area contributed by atoms with E-state index in [1.807, 2.05) is 31.2 Å². The minimum absolute atomic E-state index is 0.143. The van der Waals surface area contributed by atoms with Crippen LogP contribution in [0.15, 0.2) is 60.7 Å². The normalized spacial score (nSPS) is 19.3. The quantitative estimate of drug-likeness (QED) is 0.277. The molecule has 0 saturated heterocycles. The van der Waals surface area contributed by atoms with E-state index in [-0.39, 0.29) is 42.8 Å². The van der Waals surface area contributed by atoms with Crippen molar-refractivity contribution in [1.29, 1.82) is 0 Å². The average Bonchev–Trinajstić information content (AvgIpc) is 3.01. The van der Waals surface area contributed by atoms with Crippen LogP contribution in [-0.4, -0.2) is 61.4 Å². The van der Waals surface area contributed by atoms with Crippen LogP contribution in [0.25, 0.3) is 0 Å². The zero-order chi connectivity index (χ0) is 33.6. The number of halogens is 1. The monoisotopic (exact) mass is 636 g/mol. The third kappa shape index (κ3) is 11.8. The number of aryl methyl sites for hydroxylation is 1. The predicted octanol–water partition coefficient (Wildman–Crippen LogP) is 3.70. The molecule has 4 N–H and O–H groups in total. The molecule has 2 aromatic carbocycles. The Morgan fingerprint density at radius 2 is 1.76 bits per heavy atom. The highest BCUT2D eigenvalue weighted by atomic mass is 19.1. The third-order valence-electron chi connectivity index (χ3n) is 7.91. The third-order valence-corrected chi connectivity index (χ3v) is 7.91. The number of rotatable bonds is 11. The molecule has 4 atom stereocenters. The van der Waals surface area contributed by atoms with Gasteiger partial charge in [-0.3, -0.25) is 14.4 Å². The molecule has 4 amide bonds. The number of hydrogen-bond donors (Lipinski definition) is 4. The molecule has 0 aliphatic carbocycles. The van der Waals surface area contributed by atoms with Gasteiger partial charge in [0.15, 0.2) is 5.78 Å². The summed E-state index contributed by atoms with van der Waals surface area (Å²) in [6.45, 7) is 5.89. The van der Waals surface area contributed by atoms with E-state index in [9.17, 15) is 28.4 Å². The molecule has 248 valence electrons. The number of benzene rings is 2. The highest BCUT2D eigenvalue weighted by Crippen LogP contribution is 2.19. The Kier molecular flexibility index (Phi) is 13.9. The maximum Gasteiger partial charge on any atom is 0.328 e. The lowest BCUT2D eigenvalue weighted by Crippen LogP contribution is -2.53. The van der Waals surface area contributed by atoms with Crippen LogP contribution in [0.1, 0.15) is 56.2 Å². The molecule has 0 bridgehead atoms. The zero-order valence-electron chi connectivity index (χ0n) is 26.9. The average molecular weight is 637 g/mol. The Hall–Kier alpha value is -4.54. The Bertz CT molecular complexity index is 1390. The van der Waals surface area contributed by atoms with Crippen molar-refractivity contribution in [3.63, 3.8) is 0 Å². The number of ketones is 1. The molecule has 46 heavy (non-hydrogen) atoms. The van der Waals surface area contributed by atoms with Crippen molar-refractivity contribution in [1.82, 2.24) is 21.3 Å². The summed E-state index contributed by atoms with van der Waals surface area (Å²) < 4.78 is 18.7. The van der Waals surface area contributed by atoms with Crippen molar-refractivity contribution in [3.8, 4) is 0 Å². The first-order valence-electron chi connectivity index (χ1n) is 15.7. The maximum absolute atomic E-state index is 13.9. The van der Waals surface area contributed by atoms with E-state index in [1.54, 1.807) is 32.1 Å². The van der Waals surface area contributed by atoms with Gasteiger partial charge < -0.3 is 26.0 Å². The molecular weight excluding hydrogens is 591 g/mol. The molecule has 0 radical (unpaired) electrons. The maximum atomic E-state index is 13.9. The number of esters is 1. The van der Waals surface area contributed by atoms with Gasteiger partial charge in [0.2, 0.25) is 11.8 Å². The summed E-state index contributed by atoms with van der Waals surface area (Å²) in [5.41, 5.74) is 2.49. The lowest BCUT2D eigenvalue weighted by atomic mass is 9.90. The van der Waals surface area contributed by atoms with Crippen LogP contribution in [-0.2, 0) is 36.8 Å². The van der Waals surface area contributed by atoms with E-state index >= 15 is 0 Å². The van der Waals surface area contributed by atoms with E-state index in [2.05, 4.69) is 21.3 Å². The van der Waals surface area contributed by atoms with Gasteiger partial charge in [-0.15, -0.1) is 0 Å². The van der Waals surface area contributed by atoms with E-state index in [4.69, 9.17) is 4.74 Å². The fourth-order valence-corrected chi connectivity index (χ4v) is 5.26. The first-order chi connectivity index (χ1) is 21.9. The second kappa shape index (κ2) is 17.8. The first-order valence-corrected chi connectivity index (χ1v) is 15.7. The summed E-state index contributed by atoms with van der Waals surface area (Å²) in [4.78, 5) is 65.1. The number of hydrogen-bond acceptors (Lipinski definition) is 6. The van der Waals surface area contributed by atoms with Crippen LogP contribution in [0.5, 0.6) is 0 Å². The molecule has 1 heterocycles. The molecule has 11 heteroatoms. The van der Waals surface area contributed by atoms with Gasteiger partial charge in [0.1, 0.15) is 11.9 Å². The van der Waals surface area contributed by atoms with Gasteiger partial charge >= 0.3 is 12.0 Å². The van der Waals surface area contributed by atoms with Gasteiger partial charge in [-0.05, 0) is 61.8 Å². The van der Waals surface area contributed by atoms with Crippen LogP contribution >= 0.6 is 0 Å². The number of carbonyl (C=O) groups is 5. The lowest BCUT2D eigenvalue weighted by Gasteiger charge is -2.25. The van der Waals surface area contributed by atoms with Crippen LogP contribution in [0, 0.1) is 24.6 Å². The smallest absolute Gasteiger partial charge is 0.328 e. The molecule has 3 rings (SSSR count). The zero-order valence-corrected chi connectivity index (χ0v) is 26.9. The molecule has 10 nitrogen and oxygen atoms in total. The molecule has 0 aromatic heterocycles. The summed E-state index contributed by atoms with van der Waals surface area (Å²) in [5, 5.41) is 11.1. The van der Waals surface area contributed by atoms with Gasteiger partial charge in [-0.25, -0.2) is 14.0 Å². The Balaban J connectivity index is 1.82. The Labute approximate surface area is 269 Å².